The van der Waals surface area contributed by atoms with E-state index in [9.17, 15) is 55.5 Å². The number of esters is 1. The number of rotatable bonds is 19. The number of aliphatic hydroxyl groups excluding tert-OH is 9. The van der Waals surface area contributed by atoms with E-state index in [-0.39, 0.29) is 12.2 Å². The molecular weight excluding hydrogens is 796 g/mol. The van der Waals surface area contributed by atoms with Crippen molar-refractivity contribution in [3.05, 3.63) is 84.5 Å². The Labute approximate surface area is 346 Å². The molecule has 0 amide bonds. The SMILES string of the molecule is CC(=O)OC(CCCC=CC=CC=CC=CC=Cc1ccc(OC2OC(COC3OC(C)C(O)C(OC4OC(CO)C(O)C(O)C4O)C3O)C(O)C(O)C2O)cc1)C(=O)O. The van der Waals surface area contributed by atoms with Gasteiger partial charge in [0.1, 0.15) is 72.9 Å². The largest absolute Gasteiger partial charge is 0.479 e. The number of unbranched alkanes of at least 4 members (excludes halogenated alkanes) is 1. The number of ether oxygens (including phenoxy) is 7. The minimum Gasteiger partial charge on any atom is -0.479 e. The zero-order valence-corrected chi connectivity index (χ0v) is 33.0. The van der Waals surface area contributed by atoms with Crippen LogP contribution >= 0.6 is 0 Å². The van der Waals surface area contributed by atoms with Crippen molar-refractivity contribution in [3.63, 3.8) is 0 Å². The zero-order valence-electron chi connectivity index (χ0n) is 33.0. The van der Waals surface area contributed by atoms with Gasteiger partial charge in [0.25, 0.3) is 0 Å². The van der Waals surface area contributed by atoms with E-state index in [0.29, 0.717) is 12.8 Å². The number of benzene rings is 1. The van der Waals surface area contributed by atoms with Crippen LogP contribution < -0.4 is 4.74 Å². The highest BCUT2D eigenvalue weighted by atomic mass is 16.7. The molecule has 60 heavy (non-hydrogen) atoms. The highest BCUT2D eigenvalue weighted by Gasteiger charge is 2.51. The number of carbonyl (C=O) groups is 2. The molecule has 4 rings (SSSR count). The average Bonchev–Trinajstić information content (AvgIpc) is 3.22. The van der Waals surface area contributed by atoms with Crippen molar-refractivity contribution < 1.29 is 93.8 Å². The number of aliphatic carboxylic acids is 1. The summed E-state index contributed by atoms with van der Waals surface area (Å²) in [6, 6.07) is 6.70. The number of carboxylic acids is 1. The fourth-order valence-corrected chi connectivity index (χ4v) is 6.34. The van der Waals surface area contributed by atoms with Crippen LogP contribution in [0.2, 0.25) is 0 Å². The fourth-order valence-electron chi connectivity index (χ4n) is 6.34. The van der Waals surface area contributed by atoms with Gasteiger partial charge in [-0.05, 0) is 43.9 Å². The van der Waals surface area contributed by atoms with Gasteiger partial charge in [0, 0.05) is 6.92 Å². The van der Waals surface area contributed by atoms with E-state index >= 15 is 0 Å². The lowest BCUT2D eigenvalue weighted by Gasteiger charge is -2.46. The first-order valence-electron chi connectivity index (χ1n) is 19.4. The monoisotopic (exact) mass is 852 g/mol. The molecule has 0 aliphatic carbocycles. The molecule has 1 aromatic rings. The van der Waals surface area contributed by atoms with E-state index < -0.39 is 123 Å². The van der Waals surface area contributed by atoms with Gasteiger partial charge in [-0.2, -0.15) is 0 Å². The number of aliphatic hydroxyl groups is 9. The van der Waals surface area contributed by atoms with Crippen molar-refractivity contribution in [3.8, 4) is 5.75 Å². The number of allylic oxidation sites excluding steroid dienone is 9. The summed E-state index contributed by atoms with van der Waals surface area (Å²) in [7, 11) is 0. The van der Waals surface area contributed by atoms with Crippen LogP contribution in [0, 0.1) is 0 Å². The van der Waals surface area contributed by atoms with Gasteiger partial charge in [0.05, 0.1) is 19.3 Å². The molecule has 19 heteroatoms. The van der Waals surface area contributed by atoms with Crippen LogP contribution in [-0.2, 0) is 38.0 Å². The highest BCUT2D eigenvalue weighted by Crippen LogP contribution is 2.31. The topological polar surface area (TPSA) is 301 Å². The van der Waals surface area contributed by atoms with Crippen molar-refractivity contribution >= 4 is 18.0 Å². The predicted molar refractivity (Wildman–Crippen MR) is 207 cm³/mol. The Morgan fingerprint density at radius 2 is 1.28 bits per heavy atom. The minimum absolute atomic E-state index is 0.232. The van der Waals surface area contributed by atoms with Crippen LogP contribution in [0.1, 0.15) is 38.7 Å². The second kappa shape index (κ2) is 23.9. The van der Waals surface area contributed by atoms with Crippen molar-refractivity contribution in [1.82, 2.24) is 0 Å². The van der Waals surface area contributed by atoms with Gasteiger partial charge in [0.2, 0.25) is 6.29 Å². The highest BCUT2D eigenvalue weighted by molar-refractivity contribution is 5.76. The molecule has 10 N–H and O–H groups in total. The third-order valence-electron chi connectivity index (χ3n) is 9.77. The first kappa shape index (κ1) is 48.8. The lowest BCUT2D eigenvalue weighted by Crippen LogP contribution is -2.64. The summed E-state index contributed by atoms with van der Waals surface area (Å²) in [5.41, 5.74) is 0.814. The molecule has 3 aliphatic rings. The van der Waals surface area contributed by atoms with E-state index in [0.717, 1.165) is 5.56 Å². The molecule has 0 saturated carbocycles. The zero-order chi connectivity index (χ0) is 43.9. The smallest absolute Gasteiger partial charge is 0.345 e. The Balaban J connectivity index is 1.23. The number of hydrogen-bond acceptors (Lipinski definition) is 18. The lowest BCUT2D eigenvalue weighted by atomic mass is 9.97. The van der Waals surface area contributed by atoms with Gasteiger partial charge in [-0.25, -0.2) is 4.79 Å². The van der Waals surface area contributed by atoms with Gasteiger partial charge in [-0.15, -0.1) is 0 Å². The number of hydrogen-bond donors (Lipinski definition) is 10. The Hall–Kier alpha value is -3.90. The van der Waals surface area contributed by atoms with Crippen molar-refractivity contribution in [2.45, 2.75) is 131 Å². The Kier molecular flexibility index (Phi) is 19.4. The van der Waals surface area contributed by atoms with Gasteiger partial charge in [-0.1, -0.05) is 72.9 Å². The van der Waals surface area contributed by atoms with Gasteiger partial charge in [0.15, 0.2) is 18.7 Å². The predicted octanol–water partition coefficient (Wildman–Crippen LogP) is -1.03. The van der Waals surface area contributed by atoms with Crippen LogP contribution in [0.25, 0.3) is 6.08 Å². The molecule has 1 aromatic carbocycles. The summed E-state index contributed by atoms with van der Waals surface area (Å²) in [5.74, 6) is -1.52. The third kappa shape index (κ3) is 13.8. The normalized spacial score (nSPS) is 35.8. The summed E-state index contributed by atoms with van der Waals surface area (Å²) in [4.78, 5) is 22.1. The molecule has 16 unspecified atom stereocenters. The van der Waals surface area contributed by atoms with E-state index in [1.54, 1.807) is 24.3 Å². The summed E-state index contributed by atoms with van der Waals surface area (Å²) in [6.45, 7) is 1.37. The molecule has 3 saturated heterocycles. The van der Waals surface area contributed by atoms with E-state index in [1.807, 2.05) is 60.8 Å². The molecule has 0 bridgehead atoms. The molecule has 0 radical (unpaired) electrons. The first-order chi connectivity index (χ1) is 28.6. The Morgan fingerprint density at radius 3 is 1.90 bits per heavy atom. The third-order valence-corrected chi connectivity index (χ3v) is 9.77. The number of carbonyl (C=O) groups excluding carboxylic acids is 1. The molecule has 0 spiro atoms. The maximum atomic E-state index is 11.1. The lowest BCUT2D eigenvalue weighted by molar-refractivity contribution is -0.361. The van der Waals surface area contributed by atoms with Gasteiger partial charge < -0.3 is 84.2 Å². The van der Waals surface area contributed by atoms with E-state index in [1.165, 1.54) is 13.8 Å². The molecule has 3 fully saturated rings. The first-order valence-corrected chi connectivity index (χ1v) is 19.4. The van der Waals surface area contributed by atoms with Gasteiger partial charge >= 0.3 is 11.9 Å². The summed E-state index contributed by atoms with van der Waals surface area (Å²) >= 11 is 0. The molecule has 3 aliphatic heterocycles. The Bertz CT molecular complexity index is 1630. The fraction of sp³-hybridized carbons (Fsp3) is 0.561. The molecular formula is C41H56O19. The Morgan fingerprint density at radius 1 is 0.700 bits per heavy atom. The van der Waals surface area contributed by atoms with Crippen LogP contribution in [0.5, 0.6) is 5.75 Å². The van der Waals surface area contributed by atoms with Crippen molar-refractivity contribution in [2.75, 3.05) is 13.2 Å². The van der Waals surface area contributed by atoms with Gasteiger partial charge in [-0.3, -0.25) is 4.79 Å². The summed E-state index contributed by atoms with van der Waals surface area (Å²) in [6.07, 6.45) is -4.72. The van der Waals surface area contributed by atoms with Crippen LogP contribution in [0.15, 0.2) is 78.9 Å². The van der Waals surface area contributed by atoms with Crippen molar-refractivity contribution in [2.24, 2.45) is 0 Å². The van der Waals surface area contributed by atoms with Crippen molar-refractivity contribution in [1.29, 1.82) is 0 Å². The maximum Gasteiger partial charge on any atom is 0.345 e. The quantitative estimate of drug-likeness (QED) is 0.0452. The molecule has 3 heterocycles. The van der Waals surface area contributed by atoms with Crippen LogP contribution in [-0.4, -0.2) is 174 Å². The van der Waals surface area contributed by atoms with E-state index in [4.69, 9.17) is 38.3 Å². The standard InChI is InChI=1S/C41H56O19/c1-22-29(44)37(60-41-35(50)32(47)30(45)27(20-42)58-41)36(51)39(55-22)54-21-28-31(46)33(48)34(49)40(59-28)57-25-18-16-24(17-19-25)14-12-10-8-6-4-3-5-7-9-11-13-15-26(38(52)53)56-23(2)43/h3-10,12,14,16-19,22,26-37,39-42,44-51H,11,13,15,20-21H2,1-2H3,(H,52,53). The van der Waals surface area contributed by atoms with Crippen LogP contribution in [0.4, 0.5) is 0 Å². The number of carboxylic acid groups (broad SMARTS) is 1. The second-order valence-electron chi connectivity index (χ2n) is 14.3. The summed E-state index contributed by atoms with van der Waals surface area (Å²) in [5, 5.41) is 103. The van der Waals surface area contributed by atoms with Crippen LogP contribution in [0.3, 0.4) is 0 Å². The minimum atomic E-state index is -1.81. The molecule has 16 atom stereocenters. The maximum absolute atomic E-state index is 11.1. The second-order valence-corrected chi connectivity index (χ2v) is 14.3. The molecule has 0 aromatic heterocycles. The van der Waals surface area contributed by atoms with E-state index in [2.05, 4.69) is 0 Å². The average molecular weight is 853 g/mol. The molecule has 334 valence electrons. The summed E-state index contributed by atoms with van der Waals surface area (Å²) < 4.78 is 38.5. The molecule has 19 nitrogen and oxygen atoms in total.